The summed E-state index contributed by atoms with van der Waals surface area (Å²) >= 11 is 5.87. The van der Waals surface area contributed by atoms with Crippen LogP contribution in [0.4, 0.5) is 0 Å². The molecular formula is C24H29ClN2O4S. The van der Waals surface area contributed by atoms with Gasteiger partial charge >= 0.3 is 0 Å². The lowest BCUT2D eigenvalue weighted by Gasteiger charge is -2.25. The third-order valence-corrected chi connectivity index (χ3v) is 5.54. The highest BCUT2D eigenvalue weighted by Crippen LogP contribution is 2.28. The van der Waals surface area contributed by atoms with Crippen LogP contribution in [0.1, 0.15) is 25.0 Å². The molecule has 1 amide bonds. The van der Waals surface area contributed by atoms with Gasteiger partial charge in [-0.05, 0) is 68.1 Å². The molecule has 0 fully saturated rings. The lowest BCUT2D eigenvalue weighted by Crippen LogP contribution is -2.54. The molecule has 0 aliphatic rings. The molecule has 172 valence electrons. The molecule has 6 nitrogen and oxygen atoms in total. The molecule has 0 aliphatic carbocycles. The van der Waals surface area contributed by atoms with Crippen LogP contribution in [-0.4, -0.2) is 48.0 Å². The molecule has 8 heteroatoms. The summed E-state index contributed by atoms with van der Waals surface area (Å²) in [6.07, 6.45) is 2.06. The molecule has 0 radical (unpaired) electrons. The second-order valence-electron chi connectivity index (χ2n) is 7.82. The van der Waals surface area contributed by atoms with Crippen molar-refractivity contribution in [3.8, 4) is 23.3 Å². The van der Waals surface area contributed by atoms with Crippen molar-refractivity contribution in [1.82, 2.24) is 10.0 Å². The Morgan fingerprint density at radius 2 is 1.88 bits per heavy atom. The minimum atomic E-state index is -2.50. The lowest BCUT2D eigenvalue weighted by atomic mass is 10.1. The fourth-order valence-electron chi connectivity index (χ4n) is 2.90. The first kappa shape index (κ1) is 25.6. The first-order valence-electron chi connectivity index (χ1n) is 9.94. The van der Waals surface area contributed by atoms with Gasteiger partial charge in [0, 0.05) is 33.1 Å². The van der Waals surface area contributed by atoms with Gasteiger partial charge in [0.15, 0.2) is 11.5 Å². The van der Waals surface area contributed by atoms with Crippen LogP contribution >= 0.6 is 11.6 Å². The van der Waals surface area contributed by atoms with Crippen LogP contribution in [0.3, 0.4) is 0 Å². The lowest BCUT2D eigenvalue weighted by molar-refractivity contribution is -0.125. The summed E-state index contributed by atoms with van der Waals surface area (Å²) in [6, 6.07) is 12.9. The number of benzene rings is 2. The van der Waals surface area contributed by atoms with Crippen molar-refractivity contribution in [2.75, 3.05) is 26.5 Å². The van der Waals surface area contributed by atoms with E-state index in [1.807, 2.05) is 30.3 Å². The number of hydrogen-bond acceptors (Lipinski definition) is 4. The van der Waals surface area contributed by atoms with Crippen molar-refractivity contribution in [2.24, 2.45) is 0 Å². The van der Waals surface area contributed by atoms with E-state index in [0.717, 1.165) is 11.1 Å². The zero-order valence-corrected chi connectivity index (χ0v) is 20.4. The van der Waals surface area contributed by atoms with Crippen LogP contribution in [0, 0.1) is 11.8 Å². The molecule has 0 aromatic heterocycles. The van der Waals surface area contributed by atoms with Crippen molar-refractivity contribution in [2.45, 2.75) is 25.8 Å². The van der Waals surface area contributed by atoms with Gasteiger partial charge in [-0.3, -0.25) is 9.00 Å². The maximum absolute atomic E-state index is 12.4. The van der Waals surface area contributed by atoms with Crippen LogP contribution in [-0.2, 0) is 20.9 Å². The van der Waals surface area contributed by atoms with Crippen LogP contribution < -0.4 is 19.5 Å². The zero-order chi connectivity index (χ0) is 23.8. The third-order valence-electron chi connectivity index (χ3n) is 4.34. The number of ether oxygens (including phenoxy) is 2. The van der Waals surface area contributed by atoms with E-state index in [4.69, 9.17) is 21.1 Å². The zero-order valence-electron chi connectivity index (χ0n) is 18.8. The normalized spacial score (nSPS) is 12.8. The first-order chi connectivity index (χ1) is 15.0. The largest absolute Gasteiger partial charge is 0.493 e. The molecule has 0 bridgehead atoms. The molecule has 0 heterocycles. The van der Waals surface area contributed by atoms with E-state index in [1.54, 1.807) is 33.1 Å². The number of halogens is 1. The van der Waals surface area contributed by atoms with E-state index in [9.17, 15) is 9.00 Å². The molecule has 0 aliphatic heterocycles. The van der Waals surface area contributed by atoms with Gasteiger partial charge in [0.2, 0.25) is 5.91 Å². The molecule has 32 heavy (non-hydrogen) atoms. The molecular weight excluding hydrogens is 448 g/mol. The summed E-state index contributed by atoms with van der Waals surface area (Å²) in [5.74, 6) is 10.4. The Balaban J connectivity index is 1.90. The van der Waals surface area contributed by atoms with Crippen LogP contribution in [0.25, 0.3) is 0 Å². The Bertz CT molecular complexity index is 1100. The Kier molecular flexibility index (Phi) is 9.02. The Morgan fingerprint density at radius 3 is 2.50 bits per heavy atom. The second-order valence-corrected chi connectivity index (χ2v) is 10.5. The second kappa shape index (κ2) is 11.3. The molecule has 1 unspecified atom stereocenters. The summed E-state index contributed by atoms with van der Waals surface area (Å²) in [4.78, 5) is 12.4. The molecule has 0 saturated heterocycles. The van der Waals surface area contributed by atoms with E-state index in [-0.39, 0.29) is 12.5 Å². The summed E-state index contributed by atoms with van der Waals surface area (Å²) in [7, 11) is -0.930. The van der Waals surface area contributed by atoms with Crippen molar-refractivity contribution >= 4 is 33.1 Å². The van der Waals surface area contributed by atoms with Gasteiger partial charge in [0.05, 0.1) is 7.11 Å². The Morgan fingerprint density at radius 1 is 1.19 bits per heavy atom. The number of rotatable bonds is 9. The summed E-state index contributed by atoms with van der Waals surface area (Å²) in [5.41, 5.74) is 0.844. The minimum absolute atomic E-state index is 0.212. The highest BCUT2D eigenvalue weighted by atomic mass is 35.5. The molecule has 0 spiro atoms. The van der Waals surface area contributed by atoms with Crippen LogP contribution in [0.15, 0.2) is 42.5 Å². The van der Waals surface area contributed by atoms with Gasteiger partial charge in [-0.2, -0.15) is 0 Å². The standard InChI is InChI=1S/C24H29ClN2O4S/c1-24(2,27-32(4,5)29)23(28)26-15-14-19-10-13-21(22(17-19)30-3)31-16-6-7-18-8-11-20(25)12-9-18/h8-13,17H,4,14-16H2,1-3,5H3,(H,26,28)(H,27,29). The molecule has 2 rings (SSSR count). The van der Waals surface area contributed by atoms with Gasteiger partial charge in [-0.25, -0.2) is 4.72 Å². The monoisotopic (exact) mass is 476 g/mol. The molecule has 2 aromatic rings. The average molecular weight is 477 g/mol. The molecule has 2 N–H and O–H groups in total. The van der Waals surface area contributed by atoms with Crippen LogP contribution in [0.5, 0.6) is 11.5 Å². The summed E-state index contributed by atoms with van der Waals surface area (Å²) < 4.78 is 25.8. The Hall–Kier alpha value is -2.66. The number of methoxy groups -OCH3 is 1. The number of nitrogens with one attached hydrogen (secondary N) is 2. The number of carbonyl (C=O) groups is 1. The highest BCUT2D eigenvalue weighted by Gasteiger charge is 2.28. The maximum atomic E-state index is 12.4. The number of amides is 1. The predicted molar refractivity (Wildman–Crippen MR) is 132 cm³/mol. The SMILES string of the molecule is C=S(C)(=O)NC(C)(C)C(=O)NCCc1ccc(OCC#Cc2ccc(Cl)cc2)c(OC)c1. The smallest absolute Gasteiger partial charge is 0.240 e. The van der Waals surface area contributed by atoms with Crippen molar-refractivity contribution in [3.05, 3.63) is 58.6 Å². The van der Waals surface area contributed by atoms with Gasteiger partial charge in [-0.15, -0.1) is 0 Å². The van der Waals surface area contributed by atoms with Gasteiger partial charge in [-0.1, -0.05) is 29.5 Å². The van der Waals surface area contributed by atoms with Crippen molar-refractivity contribution in [3.63, 3.8) is 0 Å². The fraction of sp³-hybridized carbons (Fsp3) is 0.333. The van der Waals surface area contributed by atoms with E-state index in [0.29, 0.717) is 29.5 Å². The van der Waals surface area contributed by atoms with E-state index in [2.05, 4.69) is 27.8 Å². The van der Waals surface area contributed by atoms with Crippen LogP contribution in [0.2, 0.25) is 5.02 Å². The minimum Gasteiger partial charge on any atom is -0.493 e. The van der Waals surface area contributed by atoms with E-state index < -0.39 is 15.2 Å². The fourth-order valence-corrected chi connectivity index (χ4v) is 4.20. The molecule has 1 atom stereocenters. The molecule has 2 aromatic carbocycles. The number of hydrogen-bond donors (Lipinski definition) is 2. The summed E-state index contributed by atoms with van der Waals surface area (Å²) in [6.45, 7) is 3.97. The molecule has 0 saturated carbocycles. The average Bonchev–Trinajstić information content (AvgIpc) is 2.71. The third kappa shape index (κ3) is 8.46. The summed E-state index contributed by atoms with van der Waals surface area (Å²) in [5, 5.41) is 3.52. The van der Waals surface area contributed by atoms with Crippen molar-refractivity contribution in [1.29, 1.82) is 0 Å². The highest BCUT2D eigenvalue weighted by molar-refractivity contribution is 7.97. The van der Waals surface area contributed by atoms with E-state index in [1.165, 1.54) is 6.26 Å². The Labute approximate surface area is 195 Å². The topological polar surface area (TPSA) is 76.7 Å². The van der Waals surface area contributed by atoms with Gasteiger partial charge in [0.25, 0.3) is 0 Å². The van der Waals surface area contributed by atoms with Gasteiger partial charge in [0.1, 0.15) is 12.1 Å². The maximum Gasteiger partial charge on any atom is 0.240 e. The number of carbonyl (C=O) groups excluding carboxylic acids is 1. The van der Waals surface area contributed by atoms with Crippen molar-refractivity contribution < 1.29 is 18.5 Å². The predicted octanol–water partition coefficient (Wildman–Crippen LogP) is 3.07. The van der Waals surface area contributed by atoms with Gasteiger partial charge < -0.3 is 14.8 Å². The van der Waals surface area contributed by atoms with E-state index >= 15 is 0 Å². The quantitative estimate of drug-likeness (QED) is 0.431. The first-order valence-corrected chi connectivity index (χ1v) is 12.4.